The highest BCUT2D eigenvalue weighted by molar-refractivity contribution is 5.82. The van der Waals surface area contributed by atoms with E-state index in [1.165, 1.54) is 7.11 Å². The average Bonchev–Trinajstić information content (AvgIpc) is 2.16. The zero-order valence-corrected chi connectivity index (χ0v) is 8.28. The van der Waals surface area contributed by atoms with Crippen LogP contribution in [-0.2, 0) is 15.1 Å². The van der Waals surface area contributed by atoms with E-state index in [2.05, 4.69) is 4.74 Å². The second-order valence-corrected chi connectivity index (χ2v) is 3.32. The predicted molar refractivity (Wildman–Crippen MR) is 54.4 cm³/mol. The number of nitrogens with two attached hydrogens (primary N) is 2. The molecule has 0 spiro atoms. The Balaban J connectivity index is 3.09. The highest BCUT2D eigenvalue weighted by Crippen LogP contribution is 2.20. The molecule has 1 aromatic rings. The van der Waals surface area contributed by atoms with E-state index in [4.69, 9.17) is 11.5 Å². The third-order valence-electron chi connectivity index (χ3n) is 2.10. The Labute approximate surface area is 82.8 Å². The number of carbonyl (C=O) groups excluding carboxylic acids is 1. The number of hydrogen-bond acceptors (Lipinski definition) is 4. The van der Waals surface area contributed by atoms with Crippen molar-refractivity contribution in [3.05, 3.63) is 29.8 Å². The Morgan fingerprint density at radius 1 is 1.50 bits per heavy atom. The molecule has 1 atom stereocenters. The van der Waals surface area contributed by atoms with E-state index in [9.17, 15) is 4.79 Å². The predicted octanol–water partition coefficient (Wildman–Crippen LogP) is 0.616. The summed E-state index contributed by atoms with van der Waals surface area (Å²) in [6.07, 6.45) is 0. The van der Waals surface area contributed by atoms with Gasteiger partial charge in [0.2, 0.25) is 0 Å². The third kappa shape index (κ3) is 1.85. The molecule has 1 aromatic carbocycles. The van der Waals surface area contributed by atoms with E-state index in [1.807, 2.05) is 0 Å². The lowest BCUT2D eigenvalue weighted by molar-refractivity contribution is -0.146. The van der Waals surface area contributed by atoms with Crippen LogP contribution in [0.3, 0.4) is 0 Å². The number of hydrogen-bond donors (Lipinski definition) is 2. The molecule has 4 N–H and O–H groups in total. The number of rotatable bonds is 2. The summed E-state index contributed by atoms with van der Waals surface area (Å²) in [7, 11) is 1.31. The van der Waals surface area contributed by atoms with Crippen molar-refractivity contribution in [3.63, 3.8) is 0 Å². The van der Waals surface area contributed by atoms with E-state index >= 15 is 0 Å². The van der Waals surface area contributed by atoms with Gasteiger partial charge in [-0.25, -0.2) is 4.79 Å². The minimum atomic E-state index is -1.15. The van der Waals surface area contributed by atoms with Crippen LogP contribution in [-0.4, -0.2) is 13.1 Å². The van der Waals surface area contributed by atoms with Crippen LogP contribution in [0, 0.1) is 0 Å². The molecular weight excluding hydrogens is 180 g/mol. The number of benzene rings is 1. The van der Waals surface area contributed by atoms with Crippen LogP contribution >= 0.6 is 0 Å². The van der Waals surface area contributed by atoms with Gasteiger partial charge in [-0.2, -0.15) is 0 Å². The van der Waals surface area contributed by atoms with Crippen LogP contribution < -0.4 is 11.5 Å². The summed E-state index contributed by atoms with van der Waals surface area (Å²) in [4.78, 5) is 11.4. The van der Waals surface area contributed by atoms with Crippen molar-refractivity contribution in [1.82, 2.24) is 0 Å². The first-order valence-corrected chi connectivity index (χ1v) is 4.22. The van der Waals surface area contributed by atoms with Crippen molar-refractivity contribution in [2.45, 2.75) is 12.5 Å². The minimum Gasteiger partial charge on any atom is -0.467 e. The molecule has 0 fully saturated rings. The summed E-state index contributed by atoms with van der Waals surface area (Å²) in [6.45, 7) is 1.59. The first-order chi connectivity index (χ1) is 6.48. The molecule has 0 aliphatic rings. The van der Waals surface area contributed by atoms with Crippen molar-refractivity contribution in [2.75, 3.05) is 12.8 Å². The maximum Gasteiger partial charge on any atom is 0.330 e. The Morgan fingerprint density at radius 3 is 2.64 bits per heavy atom. The fraction of sp³-hybridized carbons (Fsp3) is 0.300. The largest absolute Gasteiger partial charge is 0.467 e. The van der Waals surface area contributed by atoms with Crippen LogP contribution in [0.25, 0.3) is 0 Å². The lowest BCUT2D eigenvalue weighted by atomic mass is 9.93. The van der Waals surface area contributed by atoms with Gasteiger partial charge in [-0.15, -0.1) is 0 Å². The van der Waals surface area contributed by atoms with Crippen molar-refractivity contribution >= 4 is 11.7 Å². The molecule has 0 saturated heterocycles. The van der Waals surface area contributed by atoms with E-state index < -0.39 is 11.5 Å². The van der Waals surface area contributed by atoms with Gasteiger partial charge in [0.15, 0.2) is 0 Å². The van der Waals surface area contributed by atoms with Crippen molar-refractivity contribution in [3.8, 4) is 0 Å². The Hall–Kier alpha value is -1.55. The molecule has 4 nitrogen and oxygen atoms in total. The molecule has 0 aliphatic carbocycles. The van der Waals surface area contributed by atoms with E-state index in [0.29, 0.717) is 11.3 Å². The average molecular weight is 194 g/mol. The van der Waals surface area contributed by atoms with Gasteiger partial charge in [0, 0.05) is 5.69 Å². The number of nitrogen functional groups attached to an aromatic ring is 1. The highest BCUT2D eigenvalue weighted by Gasteiger charge is 2.31. The summed E-state index contributed by atoms with van der Waals surface area (Å²) in [5, 5.41) is 0. The zero-order chi connectivity index (χ0) is 10.8. The molecule has 1 rings (SSSR count). The smallest absolute Gasteiger partial charge is 0.330 e. The maximum absolute atomic E-state index is 11.4. The van der Waals surface area contributed by atoms with E-state index in [0.717, 1.165) is 0 Å². The van der Waals surface area contributed by atoms with Gasteiger partial charge < -0.3 is 16.2 Å². The molecule has 0 aromatic heterocycles. The monoisotopic (exact) mass is 194 g/mol. The van der Waals surface area contributed by atoms with E-state index in [1.54, 1.807) is 31.2 Å². The van der Waals surface area contributed by atoms with Crippen LogP contribution in [0.15, 0.2) is 24.3 Å². The van der Waals surface area contributed by atoms with Crippen molar-refractivity contribution in [2.24, 2.45) is 5.73 Å². The fourth-order valence-electron chi connectivity index (χ4n) is 1.19. The van der Waals surface area contributed by atoms with Crippen LogP contribution in [0.5, 0.6) is 0 Å². The molecule has 0 unspecified atom stereocenters. The highest BCUT2D eigenvalue weighted by atomic mass is 16.5. The van der Waals surface area contributed by atoms with Crippen LogP contribution in [0.4, 0.5) is 5.69 Å². The Morgan fingerprint density at radius 2 is 2.14 bits per heavy atom. The standard InChI is InChI=1S/C10H14N2O2/c1-10(12,9(13)14-2)7-4-3-5-8(11)6-7/h3-6H,11-12H2,1-2H3/t10-/m0/s1. The zero-order valence-electron chi connectivity index (χ0n) is 8.28. The van der Waals surface area contributed by atoms with Gasteiger partial charge in [0.05, 0.1) is 7.11 Å². The number of esters is 1. The Kier molecular flexibility index (Phi) is 2.76. The lowest BCUT2D eigenvalue weighted by Gasteiger charge is -2.22. The Bertz CT molecular complexity index is 348. The molecule has 0 aliphatic heterocycles. The lowest BCUT2D eigenvalue weighted by Crippen LogP contribution is -2.42. The number of carbonyl (C=O) groups is 1. The molecule has 0 saturated carbocycles. The molecule has 4 heteroatoms. The van der Waals surface area contributed by atoms with Gasteiger partial charge in [0.25, 0.3) is 0 Å². The van der Waals surface area contributed by atoms with Crippen LogP contribution in [0.1, 0.15) is 12.5 Å². The SMILES string of the molecule is COC(=O)[C@@](C)(N)c1cccc(N)c1. The third-order valence-corrected chi connectivity index (χ3v) is 2.10. The first kappa shape index (κ1) is 10.5. The fourth-order valence-corrected chi connectivity index (χ4v) is 1.19. The maximum atomic E-state index is 11.4. The van der Waals surface area contributed by atoms with Gasteiger partial charge in [-0.1, -0.05) is 12.1 Å². The molecule has 0 amide bonds. The molecule has 0 bridgehead atoms. The topological polar surface area (TPSA) is 78.3 Å². The van der Waals surface area contributed by atoms with Crippen LogP contribution in [0.2, 0.25) is 0 Å². The summed E-state index contributed by atoms with van der Waals surface area (Å²) < 4.78 is 4.60. The van der Waals surface area contributed by atoms with Gasteiger partial charge in [0.1, 0.15) is 5.54 Å². The first-order valence-electron chi connectivity index (χ1n) is 4.22. The van der Waals surface area contributed by atoms with Gasteiger partial charge in [-0.3, -0.25) is 0 Å². The quantitative estimate of drug-likeness (QED) is 0.534. The van der Waals surface area contributed by atoms with E-state index in [-0.39, 0.29) is 0 Å². The number of ether oxygens (including phenoxy) is 1. The second kappa shape index (κ2) is 3.67. The molecular formula is C10H14N2O2. The second-order valence-electron chi connectivity index (χ2n) is 3.32. The summed E-state index contributed by atoms with van der Waals surface area (Å²) in [5.74, 6) is -0.483. The minimum absolute atomic E-state index is 0.483. The summed E-state index contributed by atoms with van der Waals surface area (Å²) in [5.41, 5.74) is 11.5. The van der Waals surface area contributed by atoms with Crippen molar-refractivity contribution in [1.29, 1.82) is 0 Å². The summed E-state index contributed by atoms with van der Waals surface area (Å²) >= 11 is 0. The van der Waals surface area contributed by atoms with Gasteiger partial charge >= 0.3 is 5.97 Å². The van der Waals surface area contributed by atoms with Gasteiger partial charge in [-0.05, 0) is 24.6 Å². The molecule has 76 valence electrons. The molecule has 14 heavy (non-hydrogen) atoms. The molecule has 0 heterocycles. The van der Waals surface area contributed by atoms with Crippen molar-refractivity contribution < 1.29 is 9.53 Å². The summed E-state index contributed by atoms with van der Waals surface area (Å²) in [6, 6.07) is 6.89. The normalized spacial score (nSPS) is 14.5. The number of anilines is 1. The number of methoxy groups -OCH3 is 1. The molecule has 0 radical (unpaired) electrons.